The minimum atomic E-state index is -0.636. The summed E-state index contributed by atoms with van der Waals surface area (Å²) in [5.41, 5.74) is 0.823. The number of hydrogen-bond acceptors (Lipinski definition) is 4. The molecule has 1 aliphatic rings. The van der Waals surface area contributed by atoms with Gasteiger partial charge >= 0.3 is 0 Å². The van der Waals surface area contributed by atoms with E-state index in [4.69, 9.17) is 0 Å². The van der Waals surface area contributed by atoms with E-state index in [2.05, 4.69) is 15.4 Å². The Bertz CT molecular complexity index is 823. The van der Waals surface area contributed by atoms with Crippen molar-refractivity contribution in [3.05, 3.63) is 46.1 Å². The van der Waals surface area contributed by atoms with Crippen LogP contribution < -0.4 is 15.6 Å². The fourth-order valence-electron chi connectivity index (χ4n) is 2.62. The van der Waals surface area contributed by atoms with Crippen LogP contribution in [0.2, 0.25) is 0 Å². The van der Waals surface area contributed by atoms with Crippen molar-refractivity contribution in [2.45, 2.75) is 19.4 Å². The summed E-state index contributed by atoms with van der Waals surface area (Å²) in [4.78, 5) is 41.0. The van der Waals surface area contributed by atoms with Crippen LogP contribution in [0.1, 0.15) is 22.3 Å². The van der Waals surface area contributed by atoms with E-state index in [1.165, 1.54) is 12.4 Å². The molecule has 2 aromatic rings. The van der Waals surface area contributed by atoms with E-state index < -0.39 is 11.9 Å². The lowest BCUT2D eigenvalue weighted by atomic mass is 10.1. The first-order chi connectivity index (χ1) is 11.0. The average Bonchev–Trinajstić information content (AvgIpc) is 3.09. The maximum Gasteiger partial charge on any atom is 0.257 e. The Hall–Kier alpha value is -2.90. The molecular formula is C15H17N5O3. The summed E-state index contributed by atoms with van der Waals surface area (Å²) in [5, 5.41) is 6.68. The summed E-state index contributed by atoms with van der Waals surface area (Å²) < 4.78 is 1.61. The third-order valence-corrected chi connectivity index (χ3v) is 3.89. The molecule has 1 atom stereocenters. The number of pyridine rings is 1. The van der Waals surface area contributed by atoms with Gasteiger partial charge in [-0.15, -0.1) is 0 Å². The third-order valence-electron chi connectivity index (χ3n) is 3.89. The van der Waals surface area contributed by atoms with Gasteiger partial charge in [-0.25, -0.2) is 0 Å². The molecule has 2 aromatic heterocycles. The highest BCUT2D eigenvalue weighted by molar-refractivity contribution is 6.03. The molecule has 1 unspecified atom stereocenters. The first kappa shape index (κ1) is 15.0. The van der Waals surface area contributed by atoms with Gasteiger partial charge in [-0.3, -0.25) is 19.1 Å². The van der Waals surface area contributed by atoms with Gasteiger partial charge in [-0.2, -0.15) is 5.10 Å². The number of carbonyl (C=O) groups is 2. The van der Waals surface area contributed by atoms with E-state index >= 15 is 0 Å². The molecule has 1 aliphatic heterocycles. The summed E-state index contributed by atoms with van der Waals surface area (Å²) >= 11 is 0. The van der Waals surface area contributed by atoms with Crippen molar-refractivity contribution in [2.75, 3.05) is 11.4 Å². The maximum absolute atomic E-state index is 12.4. The van der Waals surface area contributed by atoms with Gasteiger partial charge in [0.1, 0.15) is 11.6 Å². The van der Waals surface area contributed by atoms with Crippen LogP contribution >= 0.6 is 0 Å². The second-order valence-corrected chi connectivity index (χ2v) is 5.56. The zero-order valence-electron chi connectivity index (χ0n) is 12.9. The highest BCUT2D eigenvalue weighted by Crippen LogP contribution is 2.20. The molecule has 0 bridgehead atoms. The number of hydrogen-bond donors (Lipinski definition) is 2. The Morgan fingerprint density at radius 1 is 1.39 bits per heavy atom. The quantitative estimate of drug-likeness (QED) is 0.829. The van der Waals surface area contributed by atoms with Crippen molar-refractivity contribution in [3.8, 4) is 0 Å². The molecule has 0 spiro atoms. The Labute approximate surface area is 132 Å². The molecule has 8 heteroatoms. The number of anilines is 1. The van der Waals surface area contributed by atoms with Crippen LogP contribution in [0.25, 0.3) is 0 Å². The molecule has 2 N–H and O–H groups in total. The van der Waals surface area contributed by atoms with Crippen LogP contribution in [0.3, 0.4) is 0 Å². The van der Waals surface area contributed by atoms with Gasteiger partial charge in [0.05, 0.1) is 11.9 Å². The molecule has 120 valence electrons. The topological polar surface area (TPSA) is 100 Å². The predicted octanol–water partition coefficient (Wildman–Crippen LogP) is -0.0479. The fraction of sp³-hybridized carbons (Fsp3) is 0.333. The molecule has 0 aliphatic carbocycles. The number of amides is 2. The average molecular weight is 315 g/mol. The highest BCUT2D eigenvalue weighted by Gasteiger charge is 2.34. The molecular weight excluding hydrogens is 298 g/mol. The summed E-state index contributed by atoms with van der Waals surface area (Å²) in [6.07, 6.45) is 6.72. The number of aryl methyl sites for hydroxylation is 2. The zero-order valence-corrected chi connectivity index (χ0v) is 12.9. The van der Waals surface area contributed by atoms with Gasteiger partial charge in [0.25, 0.3) is 5.91 Å². The second-order valence-electron chi connectivity index (χ2n) is 5.56. The first-order valence-electron chi connectivity index (χ1n) is 7.26. The van der Waals surface area contributed by atoms with Crippen molar-refractivity contribution >= 4 is 17.5 Å². The first-order valence-corrected chi connectivity index (χ1v) is 7.26. The molecule has 3 rings (SSSR count). The number of rotatable bonds is 3. The van der Waals surface area contributed by atoms with Gasteiger partial charge in [-0.1, -0.05) is 0 Å². The van der Waals surface area contributed by atoms with E-state index in [-0.39, 0.29) is 16.9 Å². The summed E-state index contributed by atoms with van der Waals surface area (Å²) in [6.45, 7) is 2.13. The molecule has 2 amide bonds. The lowest BCUT2D eigenvalue weighted by molar-refractivity contribution is -0.118. The molecule has 8 nitrogen and oxygen atoms in total. The van der Waals surface area contributed by atoms with Crippen molar-refractivity contribution in [3.63, 3.8) is 0 Å². The van der Waals surface area contributed by atoms with E-state index in [1.807, 2.05) is 0 Å². The molecule has 1 fully saturated rings. The van der Waals surface area contributed by atoms with Gasteiger partial charge in [0.2, 0.25) is 5.91 Å². The van der Waals surface area contributed by atoms with Gasteiger partial charge in [0.15, 0.2) is 5.43 Å². The van der Waals surface area contributed by atoms with E-state index in [0.717, 1.165) is 0 Å². The van der Waals surface area contributed by atoms with Crippen LogP contribution in [0.15, 0.2) is 29.6 Å². The normalized spacial score (nSPS) is 17.6. The smallest absolute Gasteiger partial charge is 0.257 e. The van der Waals surface area contributed by atoms with Crippen LogP contribution in [0.5, 0.6) is 0 Å². The van der Waals surface area contributed by atoms with Crippen molar-refractivity contribution in [1.29, 1.82) is 0 Å². The SMILES string of the molecule is Cc1c[nH]cc(C(=O)NC2CCN(c3cnn(C)c3)C2=O)c1=O. The van der Waals surface area contributed by atoms with Crippen LogP contribution in [0.4, 0.5) is 5.69 Å². The molecule has 3 heterocycles. The Kier molecular flexibility index (Phi) is 3.73. The Balaban J connectivity index is 1.74. The second kappa shape index (κ2) is 5.71. The third kappa shape index (κ3) is 2.75. The number of aromatic amines is 1. The minimum Gasteiger partial charge on any atom is -0.366 e. The lowest BCUT2D eigenvalue weighted by Crippen LogP contribution is -2.43. The molecule has 0 aromatic carbocycles. The lowest BCUT2D eigenvalue weighted by Gasteiger charge is -2.15. The van der Waals surface area contributed by atoms with E-state index in [1.54, 1.807) is 35.9 Å². The number of aromatic nitrogens is 3. The minimum absolute atomic E-state index is 0.0117. The van der Waals surface area contributed by atoms with E-state index in [0.29, 0.717) is 24.2 Å². The predicted molar refractivity (Wildman–Crippen MR) is 83.2 cm³/mol. The van der Waals surface area contributed by atoms with Crippen LogP contribution in [-0.4, -0.2) is 39.2 Å². The largest absolute Gasteiger partial charge is 0.366 e. The molecule has 0 saturated carbocycles. The van der Waals surface area contributed by atoms with Crippen molar-refractivity contribution in [2.24, 2.45) is 7.05 Å². The zero-order chi connectivity index (χ0) is 16.6. The Morgan fingerprint density at radius 3 is 2.87 bits per heavy atom. The van der Waals surface area contributed by atoms with E-state index in [9.17, 15) is 14.4 Å². The number of nitrogens with zero attached hydrogens (tertiary/aromatic N) is 3. The molecule has 1 saturated heterocycles. The number of nitrogens with one attached hydrogen (secondary N) is 2. The summed E-state index contributed by atoms with van der Waals surface area (Å²) in [7, 11) is 1.77. The van der Waals surface area contributed by atoms with Crippen molar-refractivity contribution in [1.82, 2.24) is 20.1 Å². The Morgan fingerprint density at radius 2 is 2.17 bits per heavy atom. The van der Waals surface area contributed by atoms with Crippen LogP contribution in [-0.2, 0) is 11.8 Å². The van der Waals surface area contributed by atoms with Gasteiger partial charge in [0, 0.05) is 37.7 Å². The fourth-order valence-corrected chi connectivity index (χ4v) is 2.62. The number of H-pyrrole nitrogens is 1. The standard InChI is InChI=1S/C15H17N5O3/c1-9-5-16-7-11(13(9)21)14(22)18-12-3-4-20(15(12)23)10-6-17-19(2)8-10/h5-8,12H,3-4H2,1-2H3,(H,16,21)(H,18,22). The van der Waals surface area contributed by atoms with Crippen LogP contribution in [0, 0.1) is 6.92 Å². The maximum atomic E-state index is 12.4. The monoisotopic (exact) mass is 315 g/mol. The number of carbonyl (C=O) groups excluding carboxylic acids is 2. The van der Waals surface area contributed by atoms with Gasteiger partial charge < -0.3 is 15.2 Å². The summed E-state index contributed by atoms with van der Waals surface area (Å²) in [6, 6.07) is -0.636. The molecule has 23 heavy (non-hydrogen) atoms. The molecule has 0 radical (unpaired) electrons. The summed E-state index contributed by atoms with van der Waals surface area (Å²) in [5.74, 6) is -0.739. The van der Waals surface area contributed by atoms with Gasteiger partial charge in [-0.05, 0) is 13.3 Å². The highest BCUT2D eigenvalue weighted by atomic mass is 16.2. The van der Waals surface area contributed by atoms with Crippen molar-refractivity contribution < 1.29 is 9.59 Å².